The number of furan rings is 1. The fraction of sp³-hybridized carbons (Fsp3) is 0.500. The fourth-order valence-electron chi connectivity index (χ4n) is 1.26. The van der Waals surface area contributed by atoms with E-state index >= 15 is 0 Å². The maximum atomic E-state index is 11.5. The molecule has 1 rings (SSSR count). The van der Waals surface area contributed by atoms with E-state index in [-0.39, 0.29) is 37.1 Å². The molecule has 1 aromatic heterocycles. The Morgan fingerprint density at radius 2 is 2.17 bits per heavy atom. The number of nitrogens with one attached hydrogen (secondary N) is 2. The number of carbonyl (C=O) groups is 2. The summed E-state index contributed by atoms with van der Waals surface area (Å²) in [7, 11) is 0. The van der Waals surface area contributed by atoms with Crippen molar-refractivity contribution in [3.63, 3.8) is 0 Å². The Morgan fingerprint density at radius 3 is 2.72 bits per heavy atom. The summed E-state index contributed by atoms with van der Waals surface area (Å²) in [6.45, 7) is 3.50. The Labute approximate surface area is 105 Å². The van der Waals surface area contributed by atoms with Gasteiger partial charge in [0.15, 0.2) is 5.76 Å². The Hall–Kier alpha value is -1.82. The molecule has 18 heavy (non-hydrogen) atoms. The average Bonchev–Trinajstić information content (AvgIpc) is 2.81. The standard InChI is InChI=1S/C12H18N2O4/c1-12(2,8-15)14-10(16)5-6-13-11(17)9-4-3-7-18-9/h3-4,7,15H,5-6,8H2,1-2H3,(H,13,17)(H,14,16). The molecule has 0 radical (unpaired) electrons. The lowest BCUT2D eigenvalue weighted by Crippen LogP contribution is -2.47. The van der Waals surface area contributed by atoms with Crippen molar-refractivity contribution < 1.29 is 19.1 Å². The third-order valence-electron chi connectivity index (χ3n) is 2.26. The van der Waals surface area contributed by atoms with Gasteiger partial charge < -0.3 is 20.2 Å². The lowest BCUT2D eigenvalue weighted by atomic mass is 10.1. The molecule has 0 saturated carbocycles. The van der Waals surface area contributed by atoms with E-state index < -0.39 is 5.54 Å². The topological polar surface area (TPSA) is 91.6 Å². The summed E-state index contributed by atoms with van der Waals surface area (Å²) in [5, 5.41) is 14.2. The van der Waals surface area contributed by atoms with E-state index in [0.717, 1.165) is 0 Å². The number of hydrogen-bond donors (Lipinski definition) is 3. The van der Waals surface area contributed by atoms with Crippen molar-refractivity contribution in [1.29, 1.82) is 0 Å². The lowest BCUT2D eigenvalue weighted by molar-refractivity contribution is -0.123. The van der Waals surface area contributed by atoms with Crippen LogP contribution >= 0.6 is 0 Å². The van der Waals surface area contributed by atoms with Gasteiger partial charge in [0.25, 0.3) is 5.91 Å². The SMILES string of the molecule is CC(C)(CO)NC(=O)CCNC(=O)c1ccco1. The average molecular weight is 254 g/mol. The lowest BCUT2D eigenvalue weighted by Gasteiger charge is -2.23. The molecule has 0 aromatic carbocycles. The Balaban J connectivity index is 2.26. The highest BCUT2D eigenvalue weighted by molar-refractivity contribution is 5.91. The quantitative estimate of drug-likeness (QED) is 0.680. The molecule has 1 aromatic rings. The Bertz CT molecular complexity index is 398. The number of carbonyl (C=O) groups excluding carboxylic acids is 2. The van der Waals surface area contributed by atoms with Gasteiger partial charge in [-0.25, -0.2) is 0 Å². The molecule has 0 atom stereocenters. The highest BCUT2D eigenvalue weighted by atomic mass is 16.3. The molecule has 0 spiro atoms. The summed E-state index contributed by atoms with van der Waals surface area (Å²) in [4.78, 5) is 22.9. The van der Waals surface area contributed by atoms with Gasteiger partial charge in [0.2, 0.25) is 5.91 Å². The predicted octanol–water partition coefficient (Wildman–Crippen LogP) is 0.287. The van der Waals surface area contributed by atoms with Crippen LogP contribution < -0.4 is 10.6 Å². The van der Waals surface area contributed by atoms with Gasteiger partial charge in [-0.2, -0.15) is 0 Å². The minimum absolute atomic E-state index is 0.141. The monoisotopic (exact) mass is 254 g/mol. The molecule has 0 fully saturated rings. The molecule has 2 amide bonds. The molecular formula is C12H18N2O4. The van der Waals surface area contributed by atoms with Gasteiger partial charge >= 0.3 is 0 Å². The summed E-state index contributed by atoms with van der Waals surface area (Å²) >= 11 is 0. The van der Waals surface area contributed by atoms with Gasteiger partial charge in [0, 0.05) is 13.0 Å². The van der Waals surface area contributed by atoms with Crippen LogP contribution in [0.25, 0.3) is 0 Å². The van der Waals surface area contributed by atoms with Crippen molar-refractivity contribution in [3.05, 3.63) is 24.2 Å². The van der Waals surface area contributed by atoms with E-state index in [1.165, 1.54) is 6.26 Å². The molecular weight excluding hydrogens is 236 g/mol. The molecule has 0 bridgehead atoms. The predicted molar refractivity (Wildman–Crippen MR) is 65.0 cm³/mol. The van der Waals surface area contributed by atoms with Crippen molar-refractivity contribution >= 4 is 11.8 Å². The number of amides is 2. The van der Waals surface area contributed by atoms with E-state index in [2.05, 4.69) is 10.6 Å². The molecule has 0 saturated heterocycles. The summed E-state index contributed by atoms with van der Waals surface area (Å²) in [6.07, 6.45) is 1.56. The van der Waals surface area contributed by atoms with Gasteiger partial charge in [-0.1, -0.05) is 0 Å². The Morgan fingerprint density at radius 1 is 1.44 bits per heavy atom. The van der Waals surface area contributed by atoms with Crippen LogP contribution in [-0.2, 0) is 4.79 Å². The normalized spacial score (nSPS) is 11.1. The highest BCUT2D eigenvalue weighted by Crippen LogP contribution is 2.01. The van der Waals surface area contributed by atoms with Crippen molar-refractivity contribution in [2.75, 3.05) is 13.2 Å². The molecule has 3 N–H and O–H groups in total. The minimum atomic E-state index is -0.651. The minimum Gasteiger partial charge on any atom is -0.459 e. The fourth-order valence-corrected chi connectivity index (χ4v) is 1.26. The van der Waals surface area contributed by atoms with Crippen LogP contribution in [0.2, 0.25) is 0 Å². The van der Waals surface area contributed by atoms with Crippen molar-refractivity contribution in [2.24, 2.45) is 0 Å². The van der Waals surface area contributed by atoms with Crippen LogP contribution in [0.1, 0.15) is 30.8 Å². The molecule has 0 aliphatic rings. The molecule has 0 unspecified atom stereocenters. The van der Waals surface area contributed by atoms with E-state index in [1.807, 2.05) is 0 Å². The van der Waals surface area contributed by atoms with E-state index in [1.54, 1.807) is 26.0 Å². The van der Waals surface area contributed by atoms with Gasteiger partial charge in [0.05, 0.1) is 18.4 Å². The zero-order chi connectivity index (χ0) is 13.6. The molecule has 1 heterocycles. The van der Waals surface area contributed by atoms with Crippen LogP contribution in [0, 0.1) is 0 Å². The first kappa shape index (κ1) is 14.2. The number of rotatable bonds is 6. The van der Waals surface area contributed by atoms with Gasteiger partial charge in [-0.15, -0.1) is 0 Å². The maximum Gasteiger partial charge on any atom is 0.286 e. The van der Waals surface area contributed by atoms with E-state index in [4.69, 9.17) is 9.52 Å². The summed E-state index contributed by atoms with van der Waals surface area (Å²) in [5.41, 5.74) is -0.651. The number of aliphatic hydroxyl groups is 1. The highest BCUT2D eigenvalue weighted by Gasteiger charge is 2.18. The molecule has 100 valence electrons. The van der Waals surface area contributed by atoms with E-state index in [9.17, 15) is 9.59 Å². The zero-order valence-corrected chi connectivity index (χ0v) is 10.5. The largest absolute Gasteiger partial charge is 0.459 e. The first-order valence-electron chi connectivity index (χ1n) is 5.68. The van der Waals surface area contributed by atoms with Crippen molar-refractivity contribution in [1.82, 2.24) is 10.6 Å². The summed E-state index contributed by atoms with van der Waals surface area (Å²) < 4.78 is 4.91. The van der Waals surface area contributed by atoms with Crippen LogP contribution in [-0.4, -0.2) is 35.6 Å². The number of aliphatic hydroxyl groups excluding tert-OH is 1. The van der Waals surface area contributed by atoms with Crippen LogP contribution in [0.4, 0.5) is 0 Å². The van der Waals surface area contributed by atoms with Gasteiger partial charge in [0.1, 0.15) is 0 Å². The first-order valence-corrected chi connectivity index (χ1v) is 5.68. The smallest absolute Gasteiger partial charge is 0.286 e. The molecule has 6 nitrogen and oxygen atoms in total. The molecule has 0 aliphatic carbocycles. The third kappa shape index (κ3) is 4.58. The van der Waals surface area contributed by atoms with E-state index in [0.29, 0.717) is 0 Å². The molecule has 6 heteroatoms. The third-order valence-corrected chi connectivity index (χ3v) is 2.26. The Kier molecular flexibility index (Phi) is 4.91. The van der Waals surface area contributed by atoms with Crippen LogP contribution in [0.5, 0.6) is 0 Å². The summed E-state index contributed by atoms with van der Waals surface area (Å²) in [5.74, 6) is -0.367. The van der Waals surface area contributed by atoms with Crippen LogP contribution in [0.3, 0.4) is 0 Å². The van der Waals surface area contributed by atoms with Crippen LogP contribution in [0.15, 0.2) is 22.8 Å². The van der Waals surface area contributed by atoms with Gasteiger partial charge in [-0.05, 0) is 26.0 Å². The molecule has 0 aliphatic heterocycles. The van der Waals surface area contributed by atoms with Crippen molar-refractivity contribution in [3.8, 4) is 0 Å². The van der Waals surface area contributed by atoms with Crippen molar-refractivity contribution in [2.45, 2.75) is 25.8 Å². The zero-order valence-electron chi connectivity index (χ0n) is 10.5. The second-order valence-corrected chi connectivity index (χ2v) is 4.57. The first-order chi connectivity index (χ1) is 8.44. The van der Waals surface area contributed by atoms with Gasteiger partial charge in [-0.3, -0.25) is 9.59 Å². The second kappa shape index (κ2) is 6.20. The number of hydrogen-bond acceptors (Lipinski definition) is 4. The summed E-state index contributed by atoms with van der Waals surface area (Å²) in [6, 6.07) is 3.16. The second-order valence-electron chi connectivity index (χ2n) is 4.57. The maximum absolute atomic E-state index is 11.5.